The summed E-state index contributed by atoms with van der Waals surface area (Å²) in [5.41, 5.74) is 1.48. The zero-order valence-corrected chi connectivity index (χ0v) is 10.8. The third kappa shape index (κ3) is 3.91. The SMILES string of the molecule is Cn1cc(CCNC(=O)Cc2ccccc2F)cn1. The highest BCUT2D eigenvalue weighted by Crippen LogP contribution is 2.06. The van der Waals surface area contributed by atoms with E-state index in [1.165, 1.54) is 6.07 Å². The molecule has 0 saturated heterocycles. The van der Waals surface area contributed by atoms with Gasteiger partial charge in [0, 0.05) is 19.8 Å². The minimum atomic E-state index is -0.343. The molecule has 0 atom stereocenters. The van der Waals surface area contributed by atoms with Crippen LogP contribution in [-0.4, -0.2) is 22.2 Å². The van der Waals surface area contributed by atoms with Crippen molar-refractivity contribution in [3.05, 3.63) is 53.6 Å². The van der Waals surface area contributed by atoms with E-state index in [4.69, 9.17) is 0 Å². The lowest BCUT2D eigenvalue weighted by Crippen LogP contribution is -2.27. The molecular weight excluding hydrogens is 245 g/mol. The van der Waals surface area contributed by atoms with Crippen molar-refractivity contribution in [3.8, 4) is 0 Å². The standard InChI is InChI=1S/C14H16FN3O/c1-18-10-11(9-17-18)6-7-16-14(19)8-12-4-2-3-5-13(12)15/h2-5,9-10H,6-8H2,1H3,(H,16,19). The van der Waals surface area contributed by atoms with E-state index in [2.05, 4.69) is 10.4 Å². The van der Waals surface area contributed by atoms with Crippen molar-refractivity contribution in [2.45, 2.75) is 12.8 Å². The first-order valence-electron chi connectivity index (χ1n) is 6.13. The Morgan fingerprint density at radius 1 is 1.42 bits per heavy atom. The van der Waals surface area contributed by atoms with Gasteiger partial charge in [-0.25, -0.2) is 4.39 Å². The maximum Gasteiger partial charge on any atom is 0.224 e. The number of aromatic nitrogens is 2. The molecule has 1 heterocycles. The number of halogens is 1. The lowest BCUT2D eigenvalue weighted by atomic mass is 10.1. The highest BCUT2D eigenvalue weighted by Gasteiger charge is 2.07. The van der Waals surface area contributed by atoms with Gasteiger partial charge >= 0.3 is 0 Å². The molecule has 1 aromatic carbocycles. The quantitative estimate of drug-likeness (QED) is 0.885. The molecule has 1 N–H and O–H groups in total. The van der Waals surface area contributed by atoms with Crippen LogP contribution in [0.3, 0.4) is 0 Å². The molecule has 0 spiro atoms. The average Bonchev–Trinajstić information content (AvgIpc) is 2.78. The number of rotatable bonds is 5. The van der Waals surface area contributed by atoms with Crippen molar-refractivity contribution in [2.24, 2.45) is 7.05 Å². The number of nitrogens with zero attached hydrogens (tertiary/aromatic N) is 2. The molecule has 0 bridgehead atoms. The summed E-state index contributed by atoms with van der Waals surface area (Å²) in [5, 5.41) is 6.82. The normalized spacial score (nSPS) is 10.4. The molecule has 1 aromatic heterocycles. The first kappa shape index (κ1) is 13.3. The van der Waals surface area contributed by atoms with Gasteiger partial charge in [0.25, 0.3) is 0 Å². The molecule has 4 nitrogen and oxygen atoms in total. The zero-order valence-electron chi connectivity index (χ0n) is 10.8. The van der Waals surface area contributed by atoms with Crippen LogP contribution in [0.5, 0.6) is 0 Å². The molecule has 0 unspecified atom stereocenters. The van der Waals surface area contributed by atoms with Crippen molar-refractivity contribution in [1.82, 2.24) is 15.1 Å². The average molecular weight is 261 g/mol. The van der Waals surface area contributed by atoms with E-state index in [0.717, 1.165) is 12.0 Å². The summed E-state index contributed by atoms with van der Waals surface area (Å²) in [5.74, 6) is -0.515. The van der Waals surface area contributed by atoms with Gasteiger partial charge in [0.1, 0.15) is 5.82 Å². The molecule has 2 rings (SSSR count). The predicted molar refractivity (Wildman–Crippen MR) is 70.0 cm³/mol. The Labute approximate surface area is 111 Å². The summed E-state index contributed by atoms with van der Waals surface area (Å²) >= 11 is 0. The van der Waals surface area contributed by atoms with Crippen molar-refractivity contribution in [2.75, 3.05) is 6.54 Å². The van der Waals surface area contributed by atoms with Crippen molar-refractivity contribution < 1.29 is 9.18 Å². The van der Waals surface area contributed by atoms with Crippen LogP contribution < -0.4 is 5.32 Å². The van der Waals surface area contributed by atoms with Crippen LogP contribution in [0, 0.1) is 5.82 Å². The second kappa shape index (κ2) is 6.13. The van der Waals surface area contributed by atoms with Gasteiger partial charge in [0.2, 0.25) is 5.91 Å². The lowest BCUT2D eigenvalue weighted by Gasteiger charge is -2.05. The third-order valence-electron chi connectivity index (χ3n) is 2.80. The van der Waals surface area contributed by atoms with Crippen LogP contribution in [-0.2, 0) is 24.7 Å². The number of carbonyl (C=O) groups excluding carboxylic acids is 1. The Morgan fingerprint density at radius 3 is 2.89 bits per heavy atom. The van der Waals surface area contributed by atoms with Crippen molar-refractivity contribution >= 4 is 5.91 Å². The molecule has 19 heavy (non-hydrogen) atoms. The Balaban J connectivity index is 1.77. The van der Waals surface area contributed by atoms with Gasteiger partial charge in [-0.15, -0.1) is 0 Å². The summed E-state index contributed by atoms with van der Waals surface area (Å²) in [6, 6.07) is 6.31. The van der Waals surface area contributed by atoms with Crippen LogP contribution in [0.4, 0.5) is 4.39 Å². The molecule has 0 aliphatic rings. The van der Waals surface area contributed by atoms with Crippen molar-refractivity contribution in [3.63, 3.8) is 0 Å². The first-order valence-corrected chi connectivity index (χ1v) is 6.13. The minimum Gasteiger partial charge on any atom is -0.355 e. The van der Waals surface area contributed by atoms with Gasteiger partial charge in [-0.2, -0.15) is 5.10 Å². The number of carbonyl (C=O) groups is 1. The molecule has 0 radical (unpaired) electrons. The Kier molecular flexibility index (Phi) is 4.28. The molecule has 5 heteroatoms. The van der Waals surface area contributed by atoms with Crippen LogP contribution in [0.25, 0.3) is 0 Å². The third-order valence-corrected chi connectivity index (χ3v) is 2.80. The van der Waals surface area contributed by atoms with E-state index in [-0.39, 0.29) is 18.1 Å². The zero-order chi connectivity index (χ0) is 13.7. The van der Waals surface area contributed by atoms with Gasteiger partial charge in [0.05, 0.1) is 12.6 Å². The molecule has 0 saturated carbocycles. The summed E-state index contributed by atoms with van der Waals surface area (Å²) in [4.78, 5) is 11.7. The molecular formula is C14H16FN3O. The smallest absolute Gasteiger partial charge is 0.224 e. The Morgan fingerprint density at radius 2 is 2.21 bits per heavy atom. The monoisotopic (exact) mass is 261 g/mol. The number of aryl methyl sites for hydroxylation is 1. The fourth-order valence-corrected chi connectivity index (χ4v) is 1.82. The van der Waals surface area contributed by atoms with Crippen molar-refractivity contribution in [1.29, 1.82) is 0 Å². The van der Waals surface area contributed by atoms with Crippen LogP contribution >= 0.6 is 0 Å². The summed E-state index contributed by atoms with van der Waals surface area (Å²) in [7, 11) is 1.85. The van der Waals surface area contributed by atoms with E-state index in [1.54, 1.807) is 29.1 Å². The molecule has 0 fully saturated rings. The van der Waals surface area contributed by atoms with Crippen LogP contribution in [0.15, 0.2) is 36.7 Å². The van der Waals surface area contributed by atoms with Gasteiger partial charge in [-0.3, -0.25) is 9.48 Å². The maximum absolute atomic E-state index is 13.3. The molecule has 0 aliphatic heterocycles. The molecule has 0 aliphatic carbocycles. The fraction of sp³-hybridized carbons (Fsp3) is 0.286. The summed E-state index contributed by atoms with van der Waals surface area (Å²) in [6.45, 7) is 0.527. The minimum absolute atomic E-state index is 0.0692. The maximum atomic E-state index is 13.3. The predicted octanol–water partition coefficient (Wildman–Crippen LogP) is 1.46. The van der Waals surface area contributed by atoms with E-state index >= 15 is 0 Å². The number of amides is 1. The second-order valence-electron chi connectivity index (χ2n) is 4.39. The number of hydrogen-bond donors (Lipinski definition) is 1. The Bertz CT molecular complexity index is 565. The largest absolute Gasteiger partial charge is 0.355 e. The highest BCUT2D eigenvalue weighted by atomic mass is 19.1. The lowest BCUT2D eigenvalue weighted by molar-refractivity contribution is -0.120. The summed E-state index contributed by atoms with van der Waals surface area (Å²) in [6.07, 6.45) is 4.46. The molecule has 2 aromatic rings. The topological polar surface area (TPSA) is 46.9 Å². The van der Waals surface area contributed by atoms with E-state index in [0.29, 0.717) is 12.1 Å². The molecule has 100 valence electrons. The first-order chi connectivity index (χ1) is 9.15. The molecule has 1 amide bonds. The van der Waals surface area contributed by atoms with E-state index in [1.807, 2.05) is 13.2 Å². The van der Waals surface area contributed by atoms with Gasteiger partial charge in [-0.05, 0) is 23.6 Å². The second-order valence-corrected chi connectivity index (χ2v) is 4.39. The van der Waals surface area contributed by atoms with Gasteiger partial charge in [0.15, 0.2) is 0 Å². The number of nitrogens with one attached hydrogen (secondary N) is 1. The van der Waals surface area contributed by atoms with Crippen LogP contribution in [0.1, 0.15) is 11.1 Å². The van der Waals surface area contributed by atoms with E-state index < -0.39 is 0 Å². The van der Waals surface area contributed by atoms with Crippen LogP contribution in [0.2, 0.25) is 0 Å². The highest BCUT2D eigenvalue weighted by molar-refractivity contribution is 5.78. The van der Waals surface area contributed by atoms with E-state index in [9.17, 15) is 9.18 Å². The Hall–Kier alpha value is -2.17. The number of benzene rings is 1. The fourth-order valence-electron chi connectivity index (χ4n) is 1.82. The number of hydrogen-bond acceptors (Lipinski definition) is 2. The summed E-state index contributed by atoms with van der Waals surface area (Å²) < 4.78 is 15.1. The van der Waals surface area contributed by atoms with Gasteiger partial charge < -0.3 is 5.32 Å². The van der Waals surface area contributed by atoms with Gasteiger partial charge in [-0.1, -0.05) is 18.2 Å².